The average molecular weight is 155 g/mol. The summed E-state index contributed by atoms with van der Waals surface area (Å²) in [6, 6.07) is 0. The molecule has 0 aromatic rings. The predicted octanol–water partition coefficient (Wildman–Crippen LogP) is 0.204. The van der Waals surface area contributed by atoms with Crippen molar-refractivity contribution < 1.29 is 9.90 Å². The first-order valence-electron chi connectivity index (χ1n) is 3.75. The first-order valence-corrected chi connectivity index (χ1v) is 3.75. The molecule has 1 fully saturated rings. The number of nitrogens with one attached hydrogen (secondary N) is 1. The molecule has 1 saturated heterocycles. The van der Waals surface area contributed by atoms with Gasteiger partial charge in [-0.05, 0) is 12.8 Å². The Balaban J connectivity index is 2.61. The molecule has 62 valence electrons. The smallest absolute Gasteiger partial charge is 0.220 e. The molecule has 3 heteroatoms. The van der Waals surface area contributed by atoms with Crippen LogP contribution in [0.5, 0.6) is 0 Å². The van der Waals surface area contributed by atoms with Gasteiger partial charge in [-0.1, -0.05) is 6.08 Å². The van der Waals surface area contributed by atoms with E-state index < -0.39 is 5.54 Å². The largest absolute Gasteiger partial charge is 0.394 e. The van der Waals surface area contributed by atoms with E-state index in [4.69, 9.17) is 5.11 Å². The van der Waals surface area contributed by atoms with Crippen LogP contribution in [-0.4, -0.2) is 23.2 Å². The molecular formula is C8H13NO2. The summed E-state index contributed by atoms with van der Waals surface area (Å²) in [6.45, 7) is 3.58. The highest BCUT2D eigenvalue weighted by Gasteiger charge is 2.35. The van der Waals surface area contributed by atoms with E-state index in [-0.39, 0.29) is 12.5 Å². The quantitative estimate of drug-likeness (QED) is 0.572. The fraction of sp³-hybridized carbons (Fsp3) is 0.625. The van der Waals surface area contributed by atoms with Crippen molar-refractivity contribution in [2.75, 3.05) is 6.61 Å². The Labute approximate surface area is 66.1 Å². The summed E-state index contributed by atoms with van der Waals surface area (Å²) in [5.41, 5.74) is -0.404. The Morgan fingerprint density at radius 3 is 2.91 bits per heavy atom. The zero-order valence-electron chi connectivity index (χ0n) is 6.47. The van der Waals surface area contributed by atoms with Gasteiger partial charge in [-0.15, -0.1) is 6.58 Å². The van der Waals surface area contributed by atoms with Crippen molar-refractivity contribution in [1.29, 1.82) is 0 Å². The molecule has 0 spiro atoms. The van der Waals surface area contributed by atoms with Crippen molar-refractivity contribution in [2.45, 2.75) is 24.8 Å². The van der Waals surface area contributed by atoms with Crippen LogP contribution in [0.25, 0.3) is 0 Å². The average Bonchev–Trinajstić information content (AvgIpc) is 2.34. The van der Waals surface area contributed by atoms with Crippen LogP contribution >= 0.6 is 0 Å². The molecule has 0 aromatic carbocycles. The van der Waals surface area contributed by atoms with Crippen LogP contribution in [0, 0.1) is 0 Å². The van der Waals surface area contributed by atoms with E-state index in [1.165, 1.54) is 0 Å². The maximum Gasteiger partial charge on any atom is 0.220 e. The predicted molar refractivity (Wildman–Crippen MR) is 42.0 cm³/mol. The van der Waals surface area contributed by atoms with E-state index in [1.807, 2.05) is 0 Å². The van der Waals surface area contributed by atoms with Crippen LogP contribution in [0.4, 0.5) is 0 Å². The van der Waals surface area contributed by atoms with Gasteiger partial charge in [0.25, 0.3) is 0 Å². The first-order chi connectivity index (χ1) is 5.22. The van der Waals surface area contributed by atoms with Crippen molar-refractivity contribution in [2.24, 2.45) is 0 Å². The number of rotatable bonds is 3. The lowest BCUT2D eigenvalue weighted by atomic mass is 9.95. The normalized spacial score (nSPS) is 30.1. The Morgan fingerprint density at radius 1 is 1.82 bits per heavy atom. The fourth-order valence-corrected chi connectivity index (χ4v) is 1.39. The van der Waals surface area contributed by atoms with Crippen molar-refractivity contribution >= 4 is 5.91 Å². The Bertz CT molecular complexity index is 179. The maximum atomic E-state index is 10.8. The van der Waals surface area contributed by atoms with Crippen molar-refractivity contribution in [3.63, 3.8) is 0 Å². The van der Waals surface area contributed by atoms with Crippen LogP contribution in [0.3, 0.4) is 0 Å². The zero-order chi connectivity index (χ0) is 8.32. The summed E-state index contributed by atoms with van der Waals surface area (Å²) in [5, 5.41) is 11.8. The number of carbonyl (C=O) groups excluding carboxylic acids is 1. The lowest BCUT2D eigenvalue weighted by molar-refractivity contribution is -0.120. The van der Waals surface area contributed by atoms with E-state index >= 15 is 0 Å². The molecule has 2 N–H and O–H groups in total. The number of hydrogen-bond acceptors (Lipinski definition) is 2. The minimum absolute atomic E-state index is 0.00472. The van der Waals surface area contributed by atoms with Gasteiger partial charge in [0.2, 0.25) is 5.91 Å². The van der Waals surface area contributed by atoms with Crippen LogP contribution in [-0.2, 0) is 4.79 Å². The minimum atomic E-state index is -0.404. The molecule has 1 aliphatic heterocycles. The zero-order valence-corrected chi connectivity index (χ0v) is 6.47. The van der Waals surface area contributed by atoms with Crippen LogP contribution in [0.15, 0.2) is 12.7 Å². The van der Waals surface area contributed by atoms with Gasteiger partial charge < -0.3 is 10.4 Å². The van der Waals surface area contributed by atoms with E-state index in [9.17, 15) is 4.79 Å². The third-order valence-electron chi connectivity index (χ3n) is 2.07. The second kappa shape index (κ2) is 3.05. The third kappa shape index (κ3) is 1.60. The molecule has 3 nitrogen and oxygen atoms in total. The highest BCUT2D eigenvalue weighted by atomic mass is 16.3. The Kier molecular flexibility index (Phi) is 2.29. The molecule has 1 heterocycles. The van der Waals surface area contributed by atoms with E-state index in [0.717, 1.165) is 0 Å². The van der Waals surface area contributed by atoms with Crippen molar-refractivity contribution in [3.8, 4) is 0 Å². The van der Waals surface area contributed by atoms with Gasteiger partial charge in [0.1, 0.15) is 0 Å². The lowest BCUT2D eigenvalue weighted by Crippen LogP contribution is -2.44. The van der Waals surface area contributed by atoms with E-state index in [0.29, 0.717) is 19.3 Å². The van der Waals surface area contributed by atoms with Crippen LogP contribution in [0.2, 0.25) is 0 Å². The van der Waals surface area contributed by atoms with E-state index in [2.05, 4.69) is 11.9 Å². The van der Waals surface area contributed by atoms with Gasteiger partial charge in [-0.2, -0.15) is 0 Å². The molecule has 1 rings (SSSR count). The lowest BCUT2D eigenvalue weighted by Gasteiger charge is -2.24. The molecule has 0 radical (unpaired) electrons. The van der Waals surface area contributed by atoms with Crippen molar-refractivity contribution in [1.82, 2.24) is 5.32 Å². The second-order valence-electron chi connectivity index (χ2n) is 2.98. The topological polar surface area (TPSA) is 49.3 Å². The standard InChI is InChI=1S/C8H13NO2/c1-2-4-8(6-10)5-3-7(11)9-8/h2,10H,1,3-6H2,(H,9,11)/t8-/m0/s1. The van der Waals surface area contributed by atoms with Crippen molar-refractivity contribution in [3.05, 3.63) is 12.7 Å². The summed E-state index contributed by atoms with van der Waals surface area (Å²) >= 11 is 0. The van der Waals surface area contributed by atoms with Gasteiger partial charge in [-0.25, -0.2) is 0 Å². The first kappa shape index (κ1) is 8.27. The minimum Gasteiger partial charge on any atom is -0.394 e. The van der Waals surface area contributed by atoms with Gasteiger partial charge in [-0.3, -0.25) is 4.79 Å². The number of aliphatic hydroxyl groups is 1. The van der Waals surface area contributed by atoms with Crippen LogP contribution in [0.1, 0.15) is 19.3 Å². The molecule has 0 unspecified atom stereocenters. The second-order valence-corrected chi connectivity index (χ2v) is 2.98. The Hall–Kier alpha value is -0.830. The Morgan fingerprint density at radius 2 is 2.55 bits per heavy atom. The summed E-state index contributed by atoms with van der Waals surface area (Å²) in [4.78, 5) is 10.8. The number of hydrogen-bond donors (Lipinski definition) is 2. The van der Waals surface area contributed by atoms with E-state index in [1.54, 1.807) is 6.08 Å². The monoisotopic (exact) mass is 155 g/mol. The highest BCUT2D eigenvalue weighted by molar-refractivity contribution is 5.79. The number of aliphatic hydroxyl groups excluding tert-OH is 1. The molecule has 11 heavy (non-hydrogen) atoms. The molecular weight excluding hydrogens is 142 g/mol. The number of carbonyl (C=O) groups is 1. The SMILES string of the molecule is C=CC[C@@]1(CO)CCC(=O)N1. The molecule has 1 aliphatic rings. The summed E-state index contributed by atoms with van der Waals surface area (Å²) in [5.74, 6) is 0.0286. The summed E-state index contributed by atoms with van der Waals surface area (Å²) < 4.78 is 0. The maximum absolute atomic E-state index is 10.8. The molecule has 1 atom stereocenters. The van der Waals surface area contributed by atoms with Gasteiger partial charge in [0, 0.05) is 6.42 Å². The summed E-state index contributed by atoms with van der Waals surface area (Å²) in [6.07, 6.45) is 3.61. The van der Waals surface area contributed by atoms with Gasteiger partial charge in [0.05, 0.1) is 12.1 Å². The molecule has 0 aliphatic carbocycles. The van der Waals surface area contributed by atoms with Crippen LogP contribution < -0.4 is 5.32 Å². The molecule has 0 saturated carbocycles. The number of amides is 1. The van der Waals surface area contributed by atoms with Gasteiger partial charge >= 0.3 is 0 Å². The van der Waals surface area contributed by atoms with Gasteiger partial charge in [0.15, 0.2) is 0 Å². The summed E-state index contributed by atoms with van der Waals surface area (Å²) in [7, 11) is 0. The highest BCUT2D eigenvalue weighted by Crippen LogP contribution is 2.23. The molecule has 1 amide bonds. The third-order valence-corrected chi connectivity index (χ3v) is 2.07. The fourth-order valence-electron chi connectivity index (χ4n) is 1.39. The molecule has 0 bridgehead atoms. The molecule has 0 aromatic heterocycles.